The number of thioether (sulfide) groups is 1. The van der Waals surface area contributed by atoms with Crippen LogP contribution in [0, 0.1) is 0 Å². The molecule has 0 bridgehead atoms. The molecule has 8 rings (SSSR count). The molecule has 23 nitrogen and oxygen atoms in total. The highest BCUT2D eigenvalue weighted by molar-refractivity contribution is 7.99. The van der Waals surface area contributed by atoms with Gasteiger partial charge in [0.1, 0.15) is 6.61 Å². The van der Waals surface area contributed by atoms with Crippen LogP contribution in [0.3, 0.4) is 0 Å². The first-order valence-corrected chi connectivity index (χ1v) is 32.7. The van der Waals surface area contributed by atoms with Crippen LogP contribution in [0.4, 0.5) is 23.8 Å². The van der Waals surface area contributed by atoms with Crippen molar-refractivity contribution in [2.75, 3.05) is 32.8 Å². The zero-order valence-corrected chi connectivity index (χ0v) is 57.9. The van der Waals surface area contributed by atoms with Gasteiger partial charge >= 0.3 is 6.01 Å². The summed E-state index contributed by atoms with van der Waals surface area (Å²) in [4.78, 5) is 36.2. The lowest BCUT2D eigenvalue weighted by Gasteiger charge is -2.58. The number of aromatic nitrogens is 6. The monoisotopic (exact) mass is 1230 g/mol. The van der Waals surface area contributed by atoms with Gasteiger partial charge in [-0.05, 0) is 243 Å². The first-order valence-electron chi connectivity index (χ1n) is 31.8. The summed E-state index contributed by atoms with van der Waals surface area (Å²) >= 11 is 1.45. The van der Waals surface area contributed by atoms with Gasteiger partial charge in [-0.25, -0.2) is 0 Å². The smallest absolute Gasteiger partial charge is 0.323 e. The topological polar surface area (TPSA) is 258 Å². The van der Waals surface area contributed by atoms with E-state index in [9.17, 15) is 31.2 Å². The molecule has 6 saturated heterocycles. The van der Waals surface area contributed by atoms with E-state index in [2.05, 4.69) is 131 Å². The maximum Gasteiger partial charge on any atom is 0.323 e. The molecule has 0 aromatic carbocycles. The van der Waals surface area contributed by atoms with Crippen LogP contribution in [0.2, 0.25) is 0 Å². The minimum atomic E-state index is -0.604. The van der Waals surface area contributed by atoms with Gasteiger partial charge in [-0.1, -0.05) is 11.8 Å². The molecule has 8 N–H and O–H groups in total. The maximum atomic E-state index is 11.7. The number of rotatable bonds is 15. The Morgan fingerprint density at radius 1 is 0.360 bits per heavy atom. The SMILES string of the molecule is CC1(C)CC(Nc2nc(OCCSc3nc(NC4CC(C)(C)N(O)C(C)(C)C4)nc(N(C4CC(C)(C)N(O)C(C)(C)C4)C4CC(C)(C)N(O)C(C)(C)C4)n3)nc(N(C3CC(C)(C)N(O)C(C)(C)C3)C3CC(C)(C)N(O)C(C)(C)C3)n2)CC(C)(C)N1O. The fraction of sp³-hybridized carbons (Fsp3) is 0.903. The van der Waals surface area contributed by atoms with Gasteiger partial charge < -0.3 is 56.4 Å². The van der Waals surface area contributed by atoms with Crippen molar-refractivity contribution in [1.29, 1.82) is 0 Å². The second kappa shape index (κ2) is 22.9. The minimum Gasteiger partial charge on any atom is -0.462 e. The van der Waals surface area contributed by atoms with Crippen LogP contribution in [0.25, 0.3) is 0 Å². The van der Waals surface area contributed by atoms with Gasteiger partial charge in [0.15, 0.2) is 5.16 Å². The highest BCUT2D eigenvalue weighted by Crippen LogP contribution is 2.49. The summed E-state index contributed by atoms with van der Waals surface area (Å²) in [5.41, 5.74) is -6.97. The second-order valence-corrected chi connectivity index (χ2v) is 35.4. The lowest BCUT2D eigenvalue weighted by atomic mass is 9.74. The predicted octanol–water partition coefficient (Wildman–Crippen LogP) is 11.1. The molecule has 8 heterocycles. The fourth-order valence-corrected chi connectivity index (χ4v) is 18.1. The summed E-state index contributed by atoms with van der Waals surface area (Å²) in [7, 11) is 0. The Morgan fingerprint density at radius 2 is 0.605 bits per heavy atom. The minimum absolute atomic E-state index is 0.0883. The molecule has 0 amide bonds. The average Bonchev–Trinajstić information content (AvgIpc) is 0.789. The van der Waals surface area contributed by atoms with Crippen LogP contribution in [0.1, 0.15) is 243 Å². The number of nitrogens with zero attached hydrogens (tertiary/aromatic N) is 14. The van der Waals surface area contributed by atoms with Gasteiger partial charge in [-0.15, -0.1) is 0 Å². The Morgan fingerprint density at radius 3 is 0.884 bits per heavy atom. The van der Waals surface area contributed by atoms with Crippen molar-refractivity contribution in [3.63, 3.8) is 0 Å². The standard InChI is InChI=1S/C62H114N16O7S/c1-51(2)27-39(28-52(3,4)73(51)79)63-45-65-47(71(41-31-55(9,10)75(81)56(11,12)32-41)42-33-57(13,14)76(82)58(15,16)34-42)69-49(67-45)85-25-26-86-50-68-46(64-40-29-53(5,6)74(80)54(7,8)30-40)66-48(70-50)72(43-35-59(17,18)77(83)60(19,20)36-43)44-37-61(21,22)78(84)62(23,24)38-44/h39-44,79-84H,25-38H2,1-24H3,(H,63,65,67,69)(H,64,66,68,70). The molecule has 0 unspecified atom stereocenters. The van der Waals surface area contributed by atoms with Crippen molar-refractivity contribution in [3.05, 3.63) is 0 Å². The molecule has 490 valence electrons. The van der Waals surface area contributed by atoms with Crippen molar-refractivity contribution in [2.45, 2.75) is 351 Å². The molecule has 6 fully saturated rings. The molecule has 0 radical (unpaired) electrons. The molecule has 6 aliphatic heterocycles. The zero-order valence-electron chi connectivity index (χ0n) is 57.1. The second-order valence-electron chi connectivity index (χ2n) is 34.4. The quantitative estimate of drug-likeness (QED) is 0.0609. The van der Waals surface area contributed by atoms with E-state index in [0.717, 1.165) is 0 Å². The zero-order chi connectivity index (χ0) is 64.5. The molecule has 0 aliphatic carbocycles. The highest BCUT2D eigenvalue weighted by Gasteiger charge is 2.56. The van der Waals surface area contributed by atoms with E-state index in [4.69, 9.17) is 34.6 Å². The van der Waals surface area contributed by atoms with Crippen LogP contribution >= 0.6 is 11.8 Å². The van der Waals surface area contributed by atoms with E-state index < -0.39 is 66.5 Å². The van der Waals surface area contributed by atoms with Crippen molar-refractivity contribution in [2.24, 2.45) is 0 Å². The molecule has 0 atom stereocenters. The number of ether oxygens (including phenoxy) is 1. The Hall–Kier alpha value is -3.11. The summed E-state index contributed by atoms with van der Waals surface area (Å²) in [6.07, 6.45) is 7.42. The molecule has 0 saturated carbocycles. The fourth-order valence-electron chi connectivity index (χ4n) is 17.5. The average molecular weight is 1230 g/mol. The molecule has 24 heteroatoms. The number of anilines is 4. The lowest BCUT2D eigenvalue weighted by Crippen LogP contribution is -2.68. The summed E-state index contributed by atoms with van der Waals surface area (Å²) in [5, 5.41) is 86.2. The van der Waals surface area contributed by atoms with Crippen molar-refractivity contribution >= 4 is 35.6 Å². The number of hydroxylamine groups is 12. The van der Waals surface area contributed by atoms with Crippen molar-refractivity contribution < 1.29 is 36.0 Å². The lowest BCUT2D eigenvalue weighted by molar-refractivity contribution is -0.251. The van der Waals surface area contributed by atoms with Crippen LogP contribution in [-0.2, 0) is 0 Å². The normalized spacial score (nSPS) is 28.3. The van der Waals surface area contributed by atoms with E-state index in [-0.39, 0.29) is 48.9 Å². The Balaban J connectivity index is 1.19. The summed E-state index contributed by atoms with van der Waals surface area (Å²) in [6.45, 7) is 49.7. The highest BCUT2D eigenvalue weighted by atomic mass is 32.2. The molecular weight excluding hydrogens is 1110 g/mol. The summed E-state index contributed by atoms with van der Waals surface area (Å²) < 4.78 is 6.73. The summed E-state index contributed by atoms with van der Waals surface area (Å²) in [6, 6.07) is -0.528. The van der Waals surface area contributed by atoms with Gasteiger partial charge in [-0.2, -0.15) is 60.3 Å². The third-order valence-electron chi connectivity index (χ3n) is 20.2. The number of hydrogen-bond donors (Lipinski definition) is 8. The largest absolute Gasteiger partial charge is 0.462 e. The van der Waals surface area contributed by atoms with E-state index in [1.54, 1.807) is 0 Å². The maximum absolute atomic E-state index is 11.7. The van der Waals surface area contributed by atoms with Crippen LogP contribution in [0.15, 0.2) is 5.16 Å². The van der Waals surface area contributed by atoms with E-state index in [1.165, 1.54) is 42.1 Å². The van der Waals surface area contributed by atoms with Gasteiger partial charge in [-0.3, -0.25) is 0 Å². The number of piperidine rings is 6. The summed E-state index contributed by atoms with van der Waals surface area (Å²) in [5.74, 6) is 2.15. The van der Waals surface area contributed by atoms with E-state index in [0.29, 0.717) is 112 Å². The van der Waals surface area contributed by atoms with Crippen molar-refractivity contribution in [1.82, 2.24) is 60.3 Å². The molecular formula is C62H114N16O7S. The van der Waals surface area contributed by atoms with Gasteiger partial charge in [0.05, 0.1) is 0 Å². The third-order valence-corrected chi connectivity index (χ3v) is 21.0. The number of hydrogen-bond acceptors (Lipinski definition) is 24. The Labute approximate surface area is 519 Å². The molecule has 86 heavy (non-hydrogen) atoms. The molecule has 2 aromatic heterocycles. The molecule has 0 spiro atoms. The van der Waals surface area contributed by atoms with Gasteiger partial charge in [0.25, 0.3) is 0 Å². The molecule has 6 aliphatic rings. The van der Waals surface area contributed by atoms with Crippen LogP contribution in [0.5, 0.6) is 6.01 Å². The van der Waals surface area contributed by atoms with Crippen LogP contribution < -0.4 is 25.2 Å². The van der Waals surface area contributed by atoms with E-state index >= 15 is 0 Å². The molecule has 2 aromatic rings. The predicted molar refractivity (Wildman–Crippen MR) is 337 cm³/mol. The van der Waals surface area contributed by atoms with E-state index in [1.807, 2.05) is 55.4 Å². The van der Waals surface area contributed by atoms with Gasteiger partial charge in [0.2, 0.25) is 23.8 Å². The Bertz CT molecular complexity index is 2370. The van der Waals surface area contributed by atoms with Gasteiger partial charge in [0, 0.05) is 108 Å². The first-order chi connectivity index (χ1) is 38.9. The Kier molecular flexibility index (Phi) is 18.3. The van der Waals surface area contributed by atoms with Crippen molar-refractivity contribution in [3.8, 4) is 6.01 Å². The third kappa shape index (κ3) is 14.0. The first kappa shape index (κ1) is 68.8. The number of nitrogens with one attached hydrogen (secondary N) is 2. The van der Waals surface area contributed by atoms with Crippen LogP contribution in [-0.4, -0.2) is 207 Å².